The molecular weight excluding hydrogens is 421 g/mol. The van der Waals surface area contributed by atoms with E-state index in [4.69, 9.17) is 11.6 Å². The molecule has 0 heterocycles. The van der Waals surface area contributed by atoms with Crippen LogP contribution in [0.15, 0.2) is 66.7 Å². The highest BCUT2D eigenvalue weighted by Gasteiger charge is 2.30. The van der Waals surface area contributed by atoms with Crippen molar-refractivity contribution >= 4 is 34.8 Å². The molecule has 3 aromatic carbocycles. The van der Waals surface area contributed by atoms with Crippen molar-refractivity contribution in [2.45, 2.75) is 6.18 Å². The number of rotatable bonds is 4. The zero-order valence-corrected chi connectivity index (χ0v) is 15.9. The molecule has 0 radical (unpaired) electrons. The highest BCUT2D eigenvalue weighted by molar-refractivity contribution is 6.32. The van der Waals surface area contributed by atoms with Crippen LogP contribution in [-0.2, 0) is 6.18 Å². The maximum atomic E-state index is 12.8. The normalized spacial score (nSPS) is 11.1. The second-order valence-corrected chi connectivity index (χ2v) is 6.64. The van der Waals surface area contributed by atoms with E-state index in [0.29, 0.717) is 5.69 Å². The van der Waals surface area contributed by atoms with Crippen LogP contribution in [0.1, 0.15) is 26.3 Å². The fourth-order valence-electron chi connectivity index (χ4n) is 2.57. The molecule has 9 heteroatoms. The molecule has 0 spiro atoms. The van der Waals surface area contributed by atoms with E-state index in [1.165, 1.54) is 48.5 Å². The average Bonchev–Trinajstić information content (AvgIpc) is 2.69. The van der Waals surface area contributed by atoms with E-state index in [1.807, 2.05) is 0 Å². The van der Waals surface area contributed by atoms with E-state index in [2.05, 4.69) is 10.6 Å². The van der Waals surface area contributed by atoms with Gasteiger partial charge in [0.05, 0.1) is 10.6 Å². The van der Waals surface area contributed by atoms with Crippen molar-refractivity contribution in [3.63, 3.8) is 0 Å². The molecule has 0 saturated heterocycles. The number of amides is 2. The number of benzene rings is 3. The summed E-state index contributed by atoms with van der Waals surface area (Å²) in [7, 11) is 0. The maximum Gasteiger partial charge on any atom is 0.416 e. The van der Waals surface area contributed by atoms with Gasteiger partial charge in [0, 0.05) is 22.5 Å². The van der Waals surface area contributed by atoms with Gasteiger partial charge in [-0.1, -0.05) is 23.7 Å². The minimum absolute atomic E-state index is 0.0110. The Bertz CT molecular complexity index is 1120. The van der Waals surface area contributed by atoms with Gasteiger partial charge < -0.3 is 15.7 Å². The van der Waals surface area contributed by atoms with Gasteiger partial charge in [-0.3, -0.25) is 9.59 Å². The van der Waals surface area contributed by atoms with Crippen LogP contribution in [0, 0.1) is 0 Å². The number of carbonyl (C=O) groups excluding carboxylic acids is 2. The third-order valence-corrected chi connectivity index (χ3v) is 4.34. The molecule has 2 amide bonds. The largest absolute Gasteiger partial charge is 0.506 e. The quantitative estimate of drug-likeness (QED) is 0.502. The lowest BCUT2D eigenvalue weighted by Gasteiger charge is -2.11. The van der Waals surface area contributed by atoms with Crippen LogP contribution in [0.3, 0.4) is 0 Å². The molecule has 0 bridgehead atoms. The van der Waals surface area contributed by atoms with E-state index >= 15 is 0 Å². The van der Waals surface area contributed by atoms with E-state index in [0.717, 1.165) is 12.1 Å². The van der Waals surface area contributed by atoms with Crippen molar-refractivity contribution in [3.05, 3.63) is 88.4 Å². The summed E-state index contributed by atoms with van der Waals surface area (Å²) >= 11 is 5.79. The first-order valence-corrected chi connectivity index (χ1v) is 8.90. The molecule has 0 unspecified atom stereocenters. The first-order chi connectivity index (χ1) is 14.1. The minimum Gasteiger partial charge on any atom is -0.506 e. The van der Waals surface area contributed by atoms with E-state index in [1.54, 1.807) is 6.07 Å². The molecule has 3 N–H and O–H groups in total. The SMILES string of the molecule is O=C(Nc1cccc(C(F)(F)F)c1)c1cccc(NC(=O)c2ccc(O)c(Cl)c2)c1. The summed E-state index contributed by atoms with van der Waals surface area (Å²) in [6, 6.07) is 14.1. The maximum absolute atomic E-state index is 12.8. The highest BCUT2D eigenvalue weighted by Crippen LogP contribution is 2.31. The Labute approximate surface area is 174 Å². The van der Waals surface area contributed by atoms with Crippen LogP contribution in [0.25, 0.3) is 0 Å². The number of aromatic hydroxyl groups is 1. The molecule has 0 saturated carbocycles. The summed E-state index contributed by atoms with van der Waals surface area (Å²) in [4.78, 5) is 24.7. The number of phenols is 1. The van der Waals surface area contributed by atoms with Crippen molar-refractivity contribution in [2.75, 3.05) is 10.6 Å². The van der Waals surface area contributed by atoms with Gasteiger partial charge in [0.2, 0.25) is 0 Å². The van der Waals surface area contributed by atoms with Gasteiger partial charge in [-0.05, 0) is 54.6 Å². The van der Waals surface area contributed by atoms with Gasteiger partial charge in [0.15, 0.2) is 0 Å². The summed E-state index contributed by atoms with van der Waals surface area (Å²) < 4.78 is 38.4. The van der Waals surface area contributed by atoms with Crippen molar-refractivity contribution < 1.29 is 27.9 Å². The van der Waals surface area contributed by atoms with Crippen molar-refractivity contribution in [1.29, 1.82) is 0 Å². The lowest BCUT2D eigenvalue weighted by Crippen LogP contribution is -2.15. The standard InChI is InChI=1S/C21H14ClF3N2O3/c22-17-10-13(7-8-18(17)28)20(30)26-15-5-1-3-12(9-15)19(29)27-16-6-2-4-14(11-16)21(23,24)25/h1-11,28H,(H,26,30)(H,27,29). The molecular formula is C21H14ClF3N2O3. The molecule has 0 aliphatic rings. The summed E-state index contributed by atoms with van der Waals surface area (Å²) in [6.07, 6.45) is -4.53. The van der Waals surface area contributed by atoms with Crippen LogP contribution in [0.2, 0.25) is 5.02 Å². The Hall–Kier alpha value is -3.52. The molecule has 0 atom stereocenters. The molecule has 0 fully saturated rings. The molecule has 3 rings (SSSR count). The number of hydrogen-bond donors (Lipinski definition) is 3. The number of anilines is 2. The monoisotopic (exact) mass is 434 g/mol. The van der Waals surface area contributed by atoms with Gasteiger partial charge >= 0.3 is 6.18 Å². The van der Waals surface area contributed by atoms with Crippen molar-refractivity contribution in [3.8, 4) is 5.75 Å². The van der Waals surface area contributed by atoms with Crippen LogP contribution >= 0.6 is 11.6 Å². The van der Waals surface area contributed by atoms with Gasteiger partial charge in [-0.15, -0.1) is 0 Å². The number of phenolic OH excluding ortho intramolecular Hbond substituents is 1. The third-order valence-electron chi connectivity index (χ3n) is 4.04. The van der Waals surface area contributed by atoms with Gasteiger partial charge in [0.25, 0.3) is 11.8 Å². The molecule has 154 valence electrons. The fourth-order valence-corrected chi connectivity index (χ4v) is 2.75. The number of alkyl halides is 3. The highest BCUT2D eigenvalue weighted by atomic mass is 35.5. The summed E-state index contributed by atoms with van der Waals surface area (Å²) in [6.45, 7) is 0. The molecule has 5 nitrogen and oxygen atoms in total. The zero-order valence-electron chi connectivity index (χ0n) is 15.1. The third kappa shape index (κ3) is 5.09. The lowest BCUT2D eigenvalue weighted by atomic mass is 10.1. The van der Waals surface area contributed by atoms with Crippen LogP contribution in [-0.4, -0.2) is 16.9 Å². The van der Waals surface area contributed by atoms with Crippen LogP contribution in [0.5, 0.6) is 5.75 Å². The predicted octanol–water partition coefficient (Wildman–Crippen LogP) is 5.57. The number of carbonyl (C=O) groups is 2. The molecule has 0 aromatic heterocycles. The summed E-state index contributed by atoms with van der Waals surface area (Å²) in [5, 5.41) is 14.4. The lowest BCUT2D eigenvalue weighted by molar-refractivity contribution is -0.137. The Kier molecular flexibility index (Phi) is 5.98. The van der Waals surface area contributed by atoms with Gasteiger partial charge in [-0.2, -0.15) is 13.2 Å². The first-order valence-electron chi connectivity index (χ1n) is 8.52. The summed E-state index contributed by atoms with van der Waals surface area (Å²) in [5.41, 5.74) is -0.275. The van der Waals surface area contributed by atoms with E-state index in [-0.39, 0.29) is 27.6 Å². The summed E-state index contributed by atoms with van der Waals surface area (Å²) in [5.74, 6) is -1.33. The Balaban J connectivity index is 1.74. The second-order valence-electron chi connectivity index (χ2n) is 6.23. The second kappa shape index (κ2) is 8.46. The topological polar surface area (TPSA) is 78.4 Å². The molecule has 0 aliphatic carbocycles. The van der Waals surface area contributed by atoms with Crippen molar-refractivity contribution in [2.24, 2.45) is 0 Å². The van der Waals surface area contributed by atoms with Gasteiger partial charge in [0.1, 0.15) is 5.75 Å². The van der Waals surface area contributed by atoms with Crippen molar-refractivity contribution in [1.82, 2.24) is 0 Å². The zero-order chi connectivity index (χ0) is 21.9. The molecule has 3 aromatic rings. The Morgan fingerprint density at radius 3 is 1.97 bits per heavy atom. The number of nitrogens with one attached hydrogen (secondary N) is 2. The molecule has 30 heavy (non-hydrogen) atoms. The minimum atomic E-state index is -4.53. The van der Waals surface area contributed by atoms with E-state index < -0.39 is 23.6 Å². The Morgan fingerprint density at radius 1 is 0.800 bits per heavy atom. The smallest absolute Gasteiger partial charge is 0.416 e. The Morgan fingerprint density at radius 2 is 1.37 bits per heavy atom. The average molecular weight is 435 g/mol. The number of halogens is 4. The van der Waals surface area contributed by atoms with Crippen LogP contribution in [0.4, 0.5) is 24.5 Å². The fraction of sp³-hybridized carbons (Fsp3) is 0.0476. The van der Waals surface area contributed by atoms with Gasteiger partial charge in [-0.25, -0.2) is 0 Å². The number of hydrogen-bond acceptors (Lipinski definition) is 3. The van der Waals surface area contributed by atoms with E-state index in [9.17, 15) is 27.9 Å². The van der Waals surface area contributed by atoms with Crippen LogP contribution < -0.4 is 10.6 Å². The predicted molar refractivity (Wildman–Crippen MR) is 107 cm³/mol. The first kappa shape index (κ1) is 21.2. The molecule has 0 aliphatic heterocycles.